The molecule has 4 aromatic carbocycles. The maximum atomic E-state index is 14.1. The monoisotopic (exact) mass is 1040 g/mol. The second-order valence-electron chi connectivity index (χ2n) is 16.4. The molecule has 20 heteroatoms. The molecule has 0 saturated carbocycles. The molecule has 0 radical (unpaired) electrons. The van der Waals surface area contributed by atoms with Crippen molar-refractivity contribution in [1.29, 1.82) is 0 Å². The van der Waals surface area contributed by atoms with E-state index in [4.69, 9.17) is 38.9 Å². The number of hydrogen-bond donors (Lipinski definition) is 4. The van der Waals surface area contributed by atoms with Gasteiger partial charge >= 0.3 is 0 Å². The van der Waals surface area contributed by atoms with Crippen molar-refractivity contribution in [1.82, 2.24) is 41.2 Å². The van der Waals surface area contributed by atoms with Crippen LogP contribution in [-0.4, -0.2) is 70.0 Å². The molecule has 5 heterocycles. The van der Waals surface area contributed by atoms with Crippen LogP contribution in [0.15, 0.2) is 143 Å². The van der Waals surface area contributed by atoms with Crippen molar-refractivity contribution in [2.75, 3.05) is 26.4 Å². The Balaban J connectivity index is 1.03. The van der Waals surface area contributed by atoms with Crippen LogP contribution >= 0.6 is 45.3 Å². The van der Waals surface area contributed by atoms with E-state index in [1.807, 2.05) is 121 Å². The standard InChI is InChI=1S/C52H48N8O8S4/c61-45-41-30-70-50(58-41)38(26-66-22-34-15-7-2-8-16-34)55-47(63)43-32-72-52(60-43)40(28-68-24-36-19-11-4-12-20-36)56-48(64)44-31-71-51(59-44)39(27-67-23-35-17-9-3-10-18-35)54-46(62)42-29-69-49(57-42)37(53-45)25-65-21-33-13-5-1-6-14-33/h1-20,29-32,37-40H,21-28H2,(H,53,61)(H,54,62)(H,55,63)(H,56,64). The van der Waals surface area contributed by atoms with Gasteiger partial charge in [0.05, 0.1) is 52.9 Å². The van der Waals surface area contributed by atoms with Gasteiger partial charge in [0.25, 0.3) is 23.6 Å². The van der Waals surface area contributed by atoms with Gasteiger partial charge in [0.15, 0.2) is 0 Å². The number of nitrogens with zero attached hydrogens (tertiary/aromatic N) is 4. The highest BCUT2D eigenvalue weighted by atomic mass is 32.1. The van der Waals surface area contributed by atoms with E-state index in [2.05, 4.69) is 21.3 Å². The van der Waals surface area contributed by atoms with Gasteiger partial charge in [-0.15, -0.1) is 45.3 Å². The van der Waals surface area contributed by atoms with Crippen LogP contribution in [0.5, 0.6) is 0 Å². The highest BCUT2D eigenvalue weighted by Gasteiger charge is 2.29. The van der Waals surface area contributed by atoms with Gasteiger partial charge in [0, 0.05) is 21.5 Å². The largest absolute Gasteiger partial charge is 0.374 e. The molecular formula is C52H48N8O8S4. The van der Waals surface area contributed by atoms with Crippen LogP contribution in [0.25, 0.3) is 0 Å². The molecule has 1 aliphatic rings. The molecule has 8 aromatic rings. The van der Waals surface area contributed by atoms with Crippen LogP contribution < -0.4 is 21.3 Å². The third-order valence-electron chi connectivity index (χ3n) is 11.0. The molecular weight excluding hydrogens is 993 g/mol. The van der Waals surface area contributed by atoms with Crippen molar-refractivity contribution in [3.05, 3.63) is 208 Å². The lowest BCUT2D eigenvalue weighted by Crippen LogP contribution is -2.34. The fourth-order valence-electron chi connectivity index (χ4n) is 7.31. The van der Waals surface area contributed by atoms with E-state index in [0.717, 1.165) is 22.3 Å². The summed E-state index contributed by atoms with van der Waals surface area (Å²) < 4.78 is 24.5. The van der Waals surface area contributed by atoms with Crippen molar-refractivity contribution in [2.45, 2.75) is 50.6 Å². The lowest BCUT2D eigenvalue weighted by Gasteiger charge is -2.18. The summed E-state index contributed by atoms with van der Waals surface area (Å²) in [6, 6.07) is 35.3. The first-order valence-corrected chi connectivity index (χ1v) is 26.3. The fourth-order valence-corrected chi connectivity index (χ4v) is 10.6. The number of rotatable bonds is 16. The van der Waals surface area contributed by atoms with E-state index in [1.54, 1.807) is 21.5 Å². The molecule has 0 fully saturated rings. The zero-order chi connectivity index (χ0) is 49.5. The number of amides is 4. The van der Waals surface area contributed by atoms with E-state index in [-0.39, 0.29) is 75.6 Å². The summed E-state index contributed by atoms with van der Waals surface area (Å²) in [5.74, 6) is -2.06. The third kappa shape index (κ3) is 13.7. The van der Waals surface area contributed by atoms with E-state index in [0.29, 0.717) is 20.0 Å². The Morgan fingerprint density at radius 3 is 0.750 bits per heavy atom. The zero-order valence-corrected chi connectivity index (χ0v) is 41.8. The quantitative estimate of drug-likeness (QED) is 0.0719. The number of aromatic nitrogens is 4. The minimum Gasteiger partial charge on any atom is -0.374 e. The van der Waals surface area contributed by atoms with Gasteiger partial charge in [-0.2, -0.15) is 0 Å². The maximum absolute atomic E-state index is 14.1. The van der Waals surface area contributed by atoms with Crippen molar-refractivity contribution in [3.63, 3.8) is 0 Å². The first-order valence-electron chi connectivity index (χ1n) is 22.8. The number of nitrogens with one attached hydrogen (secondary N) is 4. The lowest BCUT2D eigenvalue weighted by atomic mass is 10.2. The Bertz CT molecular complexity index is 2620. The summed E-state index contributed by atoms with van der Waals surface area (Å²) >= 11 is 4.76. The van der Waals surface area contributed by atoms with Crippen LogP contribution in [0.3, 0.4) is 0 Å². The van der Waals surface area contributed by atoms with Crippen LogP contribution in [0.2, 0.25) is 0 Å². The van der Waals surface area contributed by atoms with E-state index < -0.39 is 47.8 Å². The molecule has 9 rings (SSSR count). The SMILES string of the molecule is O=C1NC(COCc2ccccc2)c2nc(cs2)C(=O)NC(COCc2ccccc2)c2nc(cs2)C(=O)NC(COCc2ccccc2)c2nc(cs2)C(=O)NC(COCc2ccccc2)c2nc1cs2. The summed E-state index contributed by atoms with van der Waals surface area (Å²) in [7, 11) is 0. The maximum Gasteiger partial charge on any atom is 0.271 e. The van der Waals surface area contributed by atoms with Crippen LogP contribution in [0.4, 0.5) is 0 Å². The predicted molar refractivity (Wildman–Crippen MR) is 274 cm³/mol. The number of carbonyl (C=O) groups excluding carboxylic acids is 4. The topological polar surface area (TPSA) is 205 Å². The van der Waals surface area contributed by atoms with Gasteiger partial charge in [-0.25, -0.2) is 19.9 Å². The minimum absolute atomic E-state index is 0.0216. The Morgan fingerprint density at radius 1 is 0.333 bits per heavy atom. The second-order valence-corrected chi connectivity index (χ2v) is 19.9. The van der Waals surface area contributed by atoms with Crippen LogP contribution in [0.1, 0.15) is 108 Å². The zero-order valence-electron chi connectivity index (χ0n) is 38.5. The second kappa shape index (κ2) is 25.0. The Labute approximate surface area is 430 Å². The number of thiazole rings is 4. The van der Waals surface area contributed by atoms with Crippen molar-refractivity contribution < 1.29 is 38.1 Å². The van der Waals surface area contributed by atoms with Gasteiger partial charge < -0.3 is 40.2 Å². The smallest absolute Gasteiger partial charge is 0.271 e. The Kier molecular flexibility index (Phi) is 17.4. The highest BCUT2D eigenvalue weighted by molar-refractivity contribution is 7.10. The number of benzene rings is 4. The summed E-state index contributed by atoms with van der Waals surface area (Å²) in [4.78, 5) is 75.3. The van der Waals surface area contributed by atoms with E-state index in [1.165, 1.54) is 45.3 Å². The Morgan fingerprint density at radius 2 is 0.542 bits per heavy atom. The summed E-state index contributed by atoms with van der Waals surface area (Å²) in [6.07, 6.45) is 0. The molecule has 8 bridgehead atoms. The molecule has 4 aromatic heterocycles. The van der Waals surface area contributed by atoms with Gasteiger partial charge in [-0.3, -0.25) is 19.2 Å². The Hall–Kier alpha value is -6.88. The van der Waals surface area contributed by atoms with Gasteiger partial charge in [-0.05, 0) is 22.3 Å². The summed E-state index contributed by atoms with van der Waals surface area (Å²) in [5, 5.41) is 20.2. The number of ether oxygens (including phenoxy) is 4. The van der Waals surface area contributed by atoms with Crippen molar-refractivity contribution in [2.24, 2.45) is 0 Å². The number of fused-ring (bicyclic) bond motifs is 8. The molecule has 0 saturated heterocycles. The molecule has 4 N–H and O–H groups in total. The minimum atomic E-state index is -0.787. The van der Waals surface area contributed by atoms with Crippen LogP contribution in [-0.2, 0) is 45.4 Å². The first-order chi connectivity index (χ1) is 35.3. The lowest BCUT2D eigenvalue weighted by molar-refractivity contribution is 0.0784. The molecule has 72 heavy (non-hydrogen) atoms. The predicted octanol–water partition coefficient (Wildman–Crippen LogP) is 8.58. The molecule has 1 aliphatic heterocycles. The average molecular weight is 1040 g/mol. The molecule has 368 valence electrons. The summed E-state index contributed by atoms with van der Waals surface area (Å²) in [6.45, 7) is 1.14. The fraction of sp³-hybridized carbons (Fsp3) is 0.231. The van der Waals surface area contributed by atoms with Crippen molar-refractivity contribution >= 4 is 69.0 Å². The highest BCUT2D eigenvalue weighted by Crippen LogP contribution is 2.27. The van der Waals surface area contributed by atoms with Crippen LogP contribution in [0, 0.1) is 0 Å². The van der Waals surface area contributed by atoms with E-state index >= 15 is 0 Å². The number of hydrogen-bond acceptors (Lipinski definition) is 16. The average Bonchev–Trinajstić information content (AvgIpc) is 4.27. The first kappa shape index (κ1) is 50.1. The normalized spacial score (nSPS) is 17.6. The molecule has 4 unspecified atom stereocenters. The third-order valence-corrected chi connectivity index (χ3v) is 14.8. The van der Waals surface area contributed by atoms with Crippen molar-refractivity contribution in [3.8, 4) is 0 Å². The molecule has 0 aliphatic carbocycles. The molecule has 0 spiro atoms. The molecule has 4 atom stereocenters. The van der Waals surface area contributed by atoms with Gasteiger partial charge in [0.2, 0.25) is 0 Å². The van der Waals surface area contributed by atoms with Gasteiger partial charge in [-0.1, -0.05) is 121 Å². The van der Waals surface area contributed by atoms with E-state index in [9.17, 15) is 19.2 Å². The number of carbonyl (C=O) groups is 4. The molecule has 4 amide bonds. The molecule has 16 nitrogen and oxygen atoms in total. The summed E-state index contributed by atoms with van der Waals surface area (Å²) in [5.41, 5.74) is 4.13. The van der Waals surface area contributed by atoms with Gasteiger partial charge in [0.1, 0.15) is 67.0 Å².